The lowest BCUT2D eigenvalue weighted by Gasteiger charge is -2.19. The largest absolute Gasteiger partial charge is 0.373 e. The van der Waals surface area contributed by atoms with E-state index in [-0.39, 0.29) is 34.4 Å². The molecule has 2 saturated heterocycles. The fourth-order valence-electron chi connectivity index (χ4n) is 3.38. The number of halogens is 2. The third-order valence-electron chi connectivity index (χ3n) is 4.26. The maximum Gasteiger partial charge on any atom is 0.330 e. The van der Waals surface area contributed by atoms with E-state index in [0.717, 1.165) is 19.3 Å². The van der Waals surface area contributed by atoms with Gasteiger partial charge in [0.1, 0.15) is 5.52 Å². The third kappa shape index (κ3) is 1.58. The number of nitrogens with zero attached hydrogens (tertiary/aromatic N) is 4. The monoisotopic (exact) mass is 314 g/mol. The van der Waals surface area contributed by atoms with Crippen LogP contribution in [0.1, 0.15) is 25.3 Å². The van der Waals surface area contributed by atoms with Crippen molar-refractivity contribution in [1.82, 2.24) is 19.1 Å². The molecule has 0 radical (unpaired) electrons. The minimum atomic E-state index is -0.153. The van der Waals surface area contributed by atoms with Crippen molar-refractivity contribution in [3.8, 4) is 0 Å². The minimum absolute atomic E-state index is 0.00647. The lowest BCUT2D eigenvalue weighted by atomic mass is 9.95. The van der Waals surface area contributed by atoms with Gasteiger partial charge in [0.2, 0.25) is 5.28 Å². The summed E-state index contributed by atoms with van der Waals surface area (Å²) in [5.74, 6) is 0. The maximum atomic E-state index is 12.5. The Morgan fingerprint density at radius 1 is 1.30 bits per heavy atom. The van der Waals surface area contributed by atoms with Gasteiger partial charge in [0.05, 0.1) is 18.2 Å². The predicted octanol–water partition coefficient (Wildman–Crippen LogP) is 1.93. The highest BCUT2D eigenvalue weighted by atomic mass is 35.5. The smallest absolute Gasteiger partial charge is 0.330 e. The molecular weight excluding hydrogens is 303 g/mol. The van der Waals surface area contributed by atoms with Gasteiger partial charge >= 0.3 is 5.69 Å². The fourth-order valence-corrected chi connectivity index (χ4v) is 3.88. The molecule has 106 valence electrons. The zero-order chi connectivity index (χ0) is 14.0. The van der Waals surface area contributed by atoms with Gasteiger partial charge < -0.3 is 4.74 Å². The number of hydrogen-bond donors (Lipinski definition) is 0. The van der Waals surface area contributed by atoms with Crippen molar-refractivity contribution in [2.45, 2.75) is 37.5 Å². The molecule has 0 aromatic carbocycles. The van der Waals surface area contributed by atoms with E-state index in [1.54, 1.807) is 11.6 Å². The normalized spacial score (nSPS) is 28.6. The van der Waals surface area contributed by atoms with Crippen LogP contribution >= 0.6 is 23.2 Å². The highest BCUT2D eigenvalue weighted by Gasteiger charge is 2.43. The minimum Gasteiger partial charge on any atom is -0.373 e. The number of fused-ring (bicyclic) bond motifs is 3. The second kappa shape index (κ2) is 4.19. The van der Waals surface area contributed by atoms with Crippen molar-refractivity contribution in [3.63, 3.8) is 0 Å². The van der Waals surface area contributed by atoms with Crippen LogP contribution in [0.15, 0.2) is 4.79 Å². The molecule has 3 atom stereocenters. The molecule has 4 heterocycles. The van der Waals surface area contributed by atoms with Crippen LogP contribution in [0.25, 0.3) is 11.2 Å². The van der Waals surface area contributed by atoms with E-state index in [1.165, 1.54) is 4.57 Å². The Morgan fingerprint density at radius 3 is 2.75 bits per heavy atom. The standard InChI is InChI=1S/C12H12Cl2N4O2/c1-17-8-9(13)15-11(14)16-10(8)18(12(17)19)6-4-5-2-3-7(6)20-5/h5-7H,2-4H2,1H3/t5?,6-,7?/m1/s1. The average Bonchev–Trinajstić information content (AvgIpc) is 3.05. The third-order valence-corrected chi connectivity index (χ3v) is 4.69. The summed E-state index contributed by atoms with van der Waals surface area (Å²) < 4.78 is 8.97. The summed E-state index contributed by atoms with van der Waals surface area (Å²) in [4.78, 5) is 20.6. The Bertz CT molecular complexity index is 769. The second-order valence-corrected chi connectivity index (χ2v) is 6.04. The van der Waals surface area contributed by atoms with E-state index in [4.69, 9.17) is 27.9 Å². The Hall–Kier alpha value is -1.11. The van der Waals surface area contributed by atoms with Crippen LogP contribution in [0.3, 0.4) is 0 Å². The SMILES string of the molecule is Cn1c(=O)n([C@@H]2CC3CCC2O3)c2nc(Cl)nc(Cl)c21. The van der Waals surface area contributed by atoms with Crippen LogP contribution in [-0.2, 0) is 11.8 Å². The molecule has 2 aromatic rings. The molecule has 2 bridgehead atoms. The van der Waals surface area contributed by atoms with E-state index < -0.39 is 0 Å². The molecule has 2 aromatic heterocycles. The van der Waals surface area contributed by atoms with Crippen molar-refractivity contribution in [2.24, 2.45) is 7.05 Å². The summed E-state index contributed by atoms with van der Waals surface area (Å²) in [6.45, 7) is 0. The van der Waals surface area contributed by atoms with E-state index in [9.17, 15) is 4.79 Å². The first kappa shape index (κ1) is 12.6. The van der Waals surface area contributed by atoms with Crippen molar-refractivity contribution >= 4 is 34.4 Å². The van der Waals surface area contributed by atoms with E-state index in [0.29, 0.717) is 11.2 Å². The lowest BCUT2D eigenvalue weighted by molar-refractivity contribution is 0.0938. The summed E-state index contributed by atoms with van der Waals surface area (Å²) in [6, 6.07) is 0.00647. The van der Waals surface area contributed by atoms with Gasteiger partial charge in [0.15, 0.2) is 10.8 Å². The number of ether oxygens (including phenoxy) is 1. The van der Waals surface area contributed by atoms with Crippen LogP contribution in [0, 0.1) is 0 Å². The quantitative estimate of drug-likeness (QED) is 0.596. The number of imidazole rings is 1. The molecule has 4 rings (SSSR count). The Balaban J connectivity index is 2.00. The highest BCUT2D eigenvalue weighted by molar-refractivity contribution is 6.35. The van der Waals surface area contributed by atoms with Crippen LogP contribution in [0.4, 0.5) is 0 Å². The van der Waals surface area contributed by atoms with Crippen molar-refractivity contribution in [3.05, 3.63) is 20.9 Å². The molecule has 0 amide bonds. The molecule has 6 nitrogen and oxygen atoms in total. The molecular formula is C12H12Cl2N4O2. The van der Waals surface area contributed by atoms with Gasteiger partial charge in [-0.3, -0.25) is 9.13 Å². The van der Waals surface area contributed by atoms with Gasteiger partial charge in [-0.25, -0.2) is 9.78 Å². The first-order valence-electron chi connectivity index (χ1n) is 6.51. The first-order chi connectivity index (χ1) is 9.56. The number of aromatic nitrogens is 4. The highest BCUT2D eigenvalue weighted by Crippen LogP contribution is 2.42. The van der Waals surface area contributed by atoms with Gasteiger partial charge in [-0.2, -0.15) is 4.98 Å². The van der Waals surface area contributed by atoms with Crippen molar-refractivity contribution < 1.29 is 4.74 Å². The molecule has 0 spiro atoms. The molecule has 0 saturated carbocycles. The summed E-state index contributed by atoms with van der Waals surface area (Å²) in [5, 5.41) is 0.244. The maximum absolute atomic E-state index is 12.5. The molecule has 20 heavy (non-hydrogen) atoms. The van der Waals surface area contributed by atoms with E-state index in [2.05, 4.69) is 9.97 Å². The van der Waals surface area contributed by atoms with Crippen molar-refractivity contribution in [1.29, 1.82) is 0 Å². The Labute approximate surface area is 124 Å². The fraction of sp³-hybridized carbons (Fsp3) is 0.583. The lowest BCUT2D eigenvalue weighted by Crippen LogP contribution is -2.31. The summed E-state index contributed by atoms with van der Waals surface area (Å²) in [5.41, 5.74) is 0.854. The van der Waals surface area contributed by atoms with Crippen LogP contribution in [0.2, 0.25) is 10.4 Å². The topological polar surface area (TPSA) is 61.9 Å². The molecule has 0 aliphatic carbocycles. The Morgan fingerprint density at radius 2 is 2.10 bits per heavy atom. The Kier molecular flexibility index (Phi) is 2.64. The summed E-state index contributed by atoms with van der Waals surface area (Å²) in [7, 11) is 1.67. The first-order valence-corrected chi connectivity index (χ1v) is 7.27. The van der Waals surface area contributed by atoms with Gasteiger partial charge in [0, 0.05) is 7.05 Å². The van der Waals surface area contributed by atoms with Crippen LogP contribution < -0.4 is 5.69 Å². The molecule has 2 aliphatic heterocycles. The molecule has 2 unspecified atom stereocenters. The zero-order valence-corrected chi connectivity index (χ0v) is 12.2. The van der Waals surface area contributed by atoms with Gasteiger partial charge in [-0.1, -0.05) is 11.6 Å². The van der Waals surface area contributed by atoms with Crippen LogP contribution in [-0.4, -0.2) is 31.3 Å². The molecule has 8 heteroatoms. The van der Waals surface area contributed by atoms with Crippen LogP contribution in [0.5, 0.6) is 0 Å². The van der Waals surface area contributed by atoms with E-state index >= 15 is 0 Å². The molecule has 2 aliphatic rings. The zero-order valence-electron chi connectivity index (χ0n) is 10.7. The summed E-state index contributed by atoms with van der Waals surface area (Å²) in [6.07, 6.45) is 3.21. The molecule has 0 N–H and O–H groups in total. The van der Waals surface area contributed by atoms with Gasteiger partial charge in [-0.05, 0) is 30.9 Å². The average molecular weight is 315 g/mol. The van der Waals surface area contributed by atoms with Gasteiger partial charge in [-0.15, -0.1) is 0 Å². The van der Waals surface area contributed by atoms with Crippen molar-refractivity contribution in [2.75, 3.05) is 0 Å². The van der Waals surface area contributed by atoms with E-state index in [1.807, 2.05) is 0 Å². The summed E-state index contributed by atoms with van der Waals surface area (Å²) >= 11 is 12.0. The number of aryl methyl sites for hydroxylation is 1. The second-order valence-electron chi connectivity index (χ2n) is 5.34. The number of rotatable bonds is 1. The van der Waals surface area contributed by atoms with Gasteiger partial charge in [0.25, 0.3) is 0 Å². The predicted molar refractivity (Wildman–Crippen MR) is 74.3 cm³/mol. The number of hydrogen-bond acceptors (Lipinski definition) is 4. The molecule has 2 fully saturated rings.